The Morgan fingerprint density at radius 3 is 2.47 bits per heavy atom. The van der Waals surface area contributed by atoms with Crippen LogP contribution in [-0.4, -0.2) is 33.4 Å². The first-order chi connectivity index (χ1) is 6.89. The summed E-state index contributed by atoms with van der Waals surface area (Å²) in [5.41, 5.74) is -0.958. The van der Waals surface area contributed by atoms with Crippen LogP contribution in [-0.2, 0) is 4.79 Å². The summed E-state index contributed by atoms with van der Waals surface area (Å²) in [6, 6.07) is 0. The number of carbonyl (C=O) groups is 1. The van der Waals surface area contributed by atoms with Gasteiger partial charge >= 0.3 is 5.97 Å². The summed E-state index contributed by atoms with van der Waals surface area (Å²) in [4.78, 5) is 12.9. The maximum absolute atomic E-state index is 11.1. The summed E-state index contributed by atoms with van der Waals surface area (Å²) in [7, 11) is 0. The van der Waals surface area contributed by atoms with Gasteiger partial charge in [-0.15, -0.1) is 10.2 Å². The Morgan fingerprint density at radius 1 is 1.53 bits per heavy atom. The van der Waals surface area contributed by atoms with E-state index < -0.39 is 11.5 Å². The van der Waals surface area contributed by atoms with Gasteiger partial charge in [0.1, 0.15) is 10.5 Å². The average Bonchev–Trinajstić information content (AvgIpc) is 2.52. The van der Waals surface area contributed by atoms with Gasteiger partial charge < -0.3 is 10.0 Å². The van der Waals surface area contributed by atoms with E-state index >= 15 is 0 Å². The van der Waals surface area contributed by atoms with Crippen molar-refractivity contribution < 1.29 is 9.90 Å². The maximum Gasteiger partial charge on any atom is 0.329 e. The van der Waals surface area contributed by atoms with E-state index in [9.17, 15) is 4.79 Å². The Hall–Kier alpha value is -1.17. The van der Waals surface area contributed by atoms with Crippen LogP contribution < -0.4 is 4.90 Å². The Bertz CT molecular complexity index is 362. The van der Waals surface area contributed by atoms with Crippen LogP contribution >= 0.6 is 11.3 Å². The molecule has 0 aromatic carbocycles. The average molecular weight is 229 g/mol. The molecule has 0 aliphatic heterocycles. The van der Waals surface area contributed by atoms with Gasteiger partial charge in [-0.1, -0.05) is 11.3 Å². The lowest BCUT2D eigenvalue weighted by molar-refractivity contribution is -0.142. The molecule has 0 saturated carbocycles. The molecule has 1 aromatic heterocycles. The molecule has 0 aliphatic carbocycles. The number of hydrogen-bond donors (Lipinski definition) is 1. The number of anilines is 1. The molecule has 84 valence electrons. The Morgan fingerprint density at radius 2 is 2.13 bits per heavy atom. The van der Waals surface area contributed by atoms with E-state index in [1.165, 1.54) is 11.3 Å². The van der Waals surface area contributed by atoms with Crippen LogP contribution in [0, 0.1) is 6.92 Å². The zero-order chi connectivity index (χ0) is 11.6. The van der Waals surface area contributed by atoms with Crippen LogP contribution in [0.5, 0.6) is 0 Å². The molecule has 0 fully saturated rings. The summed E-state index contributed by atoms with van der Waals surface area (Å²) in [5, 5.41) is 18.5. The summed E-state index contributed by atoms with van der Waals surface area (Å²) in [5.74, 6) is -0.864. The molecule has 1 N–H and O–H groups in total. The van der Waals surface area contributed by atoms with E-state index in [0.717, 1.165) is 5.01 Å². The number of carboxylic acid groups (broad SMARTS) is 1. The van der Waals surface area contributed by atoms with Crippen molar-refractivity contribution in [2.75, 3.05) is 11.4 Å². The minimum Gasteiger partial charge on any atom is -0.480 e. The molecule has 0 radical (unpaired) electrons. The van der Waals surface area contributed by atoms with Crippen LogP contribution in [0.2, 0.25) is 0 Å². The van der Waals surface area contributed by atoms with Crippen molar-refractivity contribution in [2.24, 2.45) is 0 Å². The third kappa shape index (κ3) is 2.26. The highest BCUT2D eigenvalue weighted by Crippen LogP contribution is 2.26. The fraction of sp³-hybridized carbons (Fsp3) is 0.667. The normalized spacial score (nSPS) is 11.5. The maximum atomic E-state index is 11.1. The van der Waals surface area contributed by atoms with Crippen molar-refractivity contribution in [1.82, 2.24) is 10.2 Å². The third-order valence-electron chi connectivity index (χ3n) is 2.26. The van der Waals surface area contributed by atoms with Crippen molar-refractivity contribution in [3.05, 3.63) is 5.01 Å². The number of likely N-dealkylation sites (N-methyl/N-ethyl adjacent to an activating group) is 1. The van der Waals surface area contributed by atoms with Gasteiger partial charge in [-0.3, -0.25) is 0 Å². The van der Waals surface area contributed by atoms with Crippen LogP contribution in [0.1, 0.15) is 25.8 Å². The number of nitrogens with zero attached hydrogens (tertiary/aromatic N) is 3. The molecule has 6 heteroatoms. The number of hydrogen-bond acceptors (Lipinski definition) is 5. The molecule has 15 heavy (non-hydrogen) atoms. The number of rotatable bonds is 4. The third-order valence-corrected chi connectivity index (χ3v) is 3.12. The van der Waals surface area contributed by atoms with Gasteiger partial charge in [-0.25, -0.2) is 4.79 Å². The first-order valence-electron chi connectivity index (χ1n) is 4.70. The van der Waals surface area contributed by atoms with Crippen molar-refractivity contribution in [2.45, 2.75) is 33.2 Å². The lowest BCUT2D eigenvalue weighted by Gasteiger charge is -2.33. The number of carboxylic acids is 1. The van der Waals surface area contributed by atoms with Crippen molar-refractivity contribution in [3.8, 4) is 0 Å². The zero-order valence-corrected chi connectivity index (χ0v) is 10.1. The van der Waals surface area contributed by atoms with Crippen LogP contribution in [0.4, 0.5) is 5.13 Å². The predicted octanol–water partition coefficient (Wildman–Crippen LogP) is 1.54. The van der Waals surface area contributed by atoms with Gasteiger partial charge in [0, 0.05) is 6.54 Å². The summed E-state index contributed by atoms with van der Waals surface area (Å²) < 4.78 is 0. The van der Waals surface area contributed by atoms with Gasteiger partial charge in [0.25, 0.3) is 0 Å². The molecule has 1 heterocycles. The molecular formula is C9H15N3O2S. The first kappa shape index (κ1) is 11.9. The van der Waals surface area contributed by atoms with E-state index in [0.29, 0.717) is 11.7 Å². The zero-order valence-electron chi connectivity index (χ0n) is 9.31. The molecular weight excluding hydrogens is 214 g/mol. The van der Waals surface area contributed by atoms with Gasteiger partial charge in [-0.05, 0) is 27.7 Å². The number of aliphatic carboxylic acids is 1. The SMILES string of the molecule is CCN(c1nnc(C)s1)C(C)(C)C(=O)O. The molecule has 0 amide bonds. The molecule has 1 rings (SSSR count). The van der Waals surface area contributed by atoms with E-state index in [4.69, 9.17) is 5.11 Å². The minimum absolute atomic E-state index is 0.591. The van der Waals surface area contributed by atoms with E-state index in [1.807, 2.05) is 13.8 Å². The fourth-order valence-corrected chi connectivity index (χ4v) is 2.18. The Kier molecular flexibility index (Phi) is 3.28. The molecule has 1 aromatic rings. The van der Waals surface area contributed by atoms with Crippen molar-refractivity contribution >= 4 is 22.4 Å². The van der Waals surface area contributed by atoms with Crippen molar-refractivity contribution in [3.63, 3.8) is 0 Å². The summed E-state index contributed by atoms with van der Waals surface area (Å²) >= 11 is 1.41. The van der Waals surface area contributed by atoms with E-state index in [-0.39, 0.29) is 0 Å². The highest BCUT2D eigenvalue weighted by Gasteiger charge is 2.35. The van der Waals surface area contributed by atoms with Crippen LogP contribution in [0.25, 0.3) is 0 Å². The topological polar surface area (TPSA) is 66.3 Å². The van der Waals surface area contributed by atoms with Crippen LogP contribution in [0.3, 0.4) is 0 Å². The monoisotopic (exact) mass is 229 g/mol. The summed E-state index contributed by atoms with van der Waals surface area (Å²) in [6.45, 7) is 7.67. The molecule has 0 unspecified atom stereocenters. The molecule has 0 spiro atoms. The fourth-order valence-electron chi connectivity index (χ4n) is 1.28. The minimum atomic E-state index is -0.958. The highest BCUT2D eigenvalue weighted by molar-refractivity contribution is 7.15. The lowest BCUT2D eigenvalue weighted by Crippen LogP contribution is -2.50. The summed E-state index contributed by atoms with van der Waals surface area (Å²) in [6.07, 6.45) is 0. The Labute approximate surface area is 92.7 Å². The second-order valence-electron chi connectivity index (χ2n) is 3.71. The predicted molar refractivity (Wildman–Crippen MR) is 59.4 cm³/mol. The van der Waals surface area contributed by atoms with Crippen molar-refractivity contribution in [1.29, 1.82) is 0 Å². The molecule has 0 atom stereocenters. The van der Waals surface area contributed by atoms with Crippen LogP contribution in [0.15, 0.2) is 0 Å². The van der Waals surface area contributed by atoms with E-state index in [2.05, 4.69) is 10.2 Å². The largest absolute Gasteiger partial charge is 0.480 e. The van der Waals surface area contributed by atoms with Gasteiger partial charge in [0.15, 0.2) is 0 Å². The first-order valence-corrected chi connectivity index (χ1v) is 5.52. The molecule has 0 bridgehead atoms. The molecule has 0 aliphatic rings. The second kappa shape index (κ2) is 4.14. The quantitative estimate of drug-likeness (QED) is 0.848. The van der Waals surface area contributed by atoms with Gasteiger partial charge in [0.2, 0.25) is 5.13 Å². The molecule has 5 nitrogen and oxygen atoms in total. The van der Waals surface area contributed by atoms with Gasteiger partial charge in [-0.2, -0.15) is 0 Å². The smallest absolute Gasteiger partial charge is 0.329 e. The standard InChI is InChI=1S/C9H15N3O2S/c1-5-12(9(3,4)7(13)14)8-11-10-6(2)15-8/h5H2,1-4H3,(H,13,14). The Balaban J connectivity index is 3.04. The second-order valence-corrected chi connectivity index (χ2v) is 4.87. The number of aryl methyl sites for hydroxylation is 1. The number of aromatic nitrogens is 2. The molecule has 0 saturated heterocycles. The highest BCUT2D eigenvalue weighted by atomic mass is 32.1. The van der Waals surface area contributed by atoms with E-state index in [1.54, 1.807) is 18.7 Å². The van der Waals surface area contributed by atoms with Gasteiger partial charge in [0.05, 0.1) is 0 Å². The lowest BCUT2D eigenvalue weighted by atomic mass is 10.0.